The van der Waals surface area contributed by atoms with Crippen molar-refractivity contribution in [1.29, 1.82) is 0 Å². The van der Waals surface area contributed by atoms with Crippen molar-refractivity contribution in [3.8, 4) is 0 Å². The van der Waals surface area contributed by atoms with E-state index in [1.165, 1.54) is 13.2 Å². The van der Waals surface area contributed by atoms with E-state index in [9.17, 15) is 24.3 Å². The zero-order valence-electron chi connectivity index (χ0n) is 30.5. The number of nitrogens with two attached hydrogens (primary N) is 1. The van der Waals surface area contributed by atoms with Gasteiger partial charge in [-0.05, 0) is 55.9 Å². The molecule has 5 heterocycles. The van der Waals surface area contributed by atoms with Crippen LogP contribution in [0.3, 0.4) is 0 Å². The number of methoxy groups -OCH3 is 1. The van der Waals surface area contributed by atoms with Crippen molar-refractivity contribution >= 4 is 40.5 Å². The van der Waals surface area contributed by atoms with E-state index < -0.39 is 46.0 Å². The molecule has 4 atom stereocenters. The Kier molecular flexibility index (Phi) is 9.36. The Morgan fingerprint density at radius 2 is 1.91 bits per heavy atom. The van der Waals surface area contributed by atoms with Gasteiger partial charge in [-0.25, -0.2) is 24.3 Å². The first kappa shape index (κ1) is 36.6. The third-order valence-electron chi connectivity index (χ3n) is 12.2. The quantitative estimate of drug-likeness (QED) is 0.231. The minimum absolute atomic E-state index is 0.0267. The van der Waals surface area contributed by atoms with Gasteiger partial charge in [0.1, 0.15) is 22.7 Å². The first-order chi connectivity index (χ1) is 26.5. The Balaban J connectivity index is 0.966. The number of ether oxygens (including phenoxy) is 1. The lowest BCUT2D eigenvalue weighted by atomic mass is 9.44. The van der Waals surface area contributed by atoms with Crippen LogP contribution in [0.1, 0.15) is 68.2 Å². The summed E-state index contributed by atoms with van der Waals surface area (Å²) in [5, 5.41) is 15.9. The number of hydrogen-bond donors (Lipinski definition) is 4. The highest BCUT2D eigenvalue weighted by molar-refractivity contribution is 6.01. The number of piperidine rings is 2. The number of aromatic nitrogens is 4. The molecule has 55 heavy (non-hydrogen) atoms. The average molecular weight is 754 g/mol. The average Bonchev–Trinajstić information content (AvgIpc) is 3.15. The van der Waals surface area contributed by atoms with Gasteiger partial charge in [-0.2, -0.15) is 0 Å². The lowest BCUT2D eigenvalue weighted by Gasteiger charge is -2.69. The molecule has 3 saturated heterocycles. The number of nitrogens with zero attached hydrogens (tertiary/aromatic N) is 6. The van der Waals surface area contributed by atoms with Crippen LogP contribution >= 0.6 is 0 Å². The summed E-state index contributed by atoms with van der Waals surface area (Å²) in [6.07, 6.45) is 12.3. The molecule has 3 aromatic rings. The van der Waals surface area contributed by atoms with E-state index in [1.807, 2.05) is 9.80 Å². The number of carbonyl (C=O) groups is 4. The predicted octanol–water partition coefficient (Wildman–Crippen LogP) is 1.74. The molecule has 3 aliphatic heterocycles. The molecule has 5 aliphatic rings. The number of aliphatic hydroxyl groups excluding tert-OH is 1. The van der Waals surface area contributed by atoms with Gasteiger partial charge in [0, 0.05) is 69.4 Å². The van der Waals surface area contributed by atoms with Crippen molar-refractivity contribution in [2.45, 2.75) is 67.9 Å². The standard InChI is InChI=1S/C39H44FN9O6/c1-55-25-3-2-10-38(41,18-25)36(54)47-39(11-16-50)20-37(31(39)33-44-19-28-32(46-33)43-13-12-42-28)21-49(22-37)35(53)23-8-14-48(15-9-23)29-6-4-24(17-27(29)40)26-5-7-30(51)45-34(26)52/h2-4,6,10,12-13,17,19,23,26,31,50H,5,7-9,11,14-16,18,20-22,41H2,1H3,(H,47,54)(H,45,51,52). The molecule has 2 aromatic heterocycles. The Hall–Kier alpha value is -5.35. The maximum absolute atomic E-state index is 15.4. The van der Waals surface area contributed by atoms with Crippen LogP contribution in [0.15, 0.2) is 60.8 Å². The molecule has 0 bridgehead atoms. The Morgan fingerprint density at radius 1 is 1.13 bits per heavy atom. The molecule has 0 radical (unpaired) electrons. The highest BCUT2D eigenvalue weighted by Crippen LogP contribution is 2.64. The van der Waals surface area contributed by atoms with Crippen molar-refractivity contribution in [3.63, 3.8) is 0 Å². The molecule has 16 heteroatoms. The van der Waals surface area contributed by atoms with Crippen molar-refractivity contribution < 1.29 is 33.4 Å². The number of imide groups is 1. The topological polar surface area (TPSA) is 206 Å². The minimum atomic E-state index is -1.37. The molecule has 2 aliphatic carbocycles. The number of aliphatic hydroxyl groups is 1. The maximum atomic E-state index is 15.4. The highest BCUT2D eigenvalue weighted by Gasteiger charge is 2.70. The third kappa shape index (κ3) is 6.50. The maximum Gasteiger partial charge on any atom is 0.245 e. The van der Waals surface area contributed by atoms with Gasteiger partial charge in [0.2, 0.25) is 23.6 Å². The lowest BCUT2D eigenvalue weighted by molar-refractivity contribution is -0.178. The van der Waals surface area contributed by atoms with E-state index in [-0.39, 0.29) is 43.6 Å². The zero-order valence-corrected chi connectivity index (χ0v) is 30.5. The summed E-state index contributed by atoms with van der Waals surface area (Å²) in [5.74, 6) is -1.82. The number of rotatable bonds is 9. The van der Waals surface area contributed by atoms with Crippen LogP contribution in [0.5, 0.6) is 0 Å². The second-order valence-electron chi connectivity index (χ2n) is 15.6. The molecular weight excluding hydrogens is 709 g/mol. The molecule has 1 saturated carbocycles. The molecule has 4 fully saturated rings. The number of fused-ring (bicyclic) bond motifs is 1. The smallest absolute Gasteiger partial charge is 0.245 e. The van der Waals surface area contributed by atoms with Gasteiger partial charge < -0.3 is 30.7 Å². The summed E-state index contributed by atoms with van der Waals surface area (Å²) >= 11 is 0. The van der Waals surface area contributed by atoms with Crippen molar-refractivity contribution in [2.24, 2.45) is 17.1 Å². The van der Waals surface area contributed by atoms with Gasteiger partial charge in [0.15, 0.2) is 5.65 Å². The molecule has 4 unspecified atom stereocenters. The van der Waals surface area contributed by atoms with Crippen molar-refractivity contribution in [2.75, 3.05) is 44.8 Å². The van der Waals surface area contributed by atoms with Crippen LogP contribution in [-0.4, -0.2) is 105 Å². The third-order valence-corrected chi connectivity index (χ3v) is 12.2. The molecule has 4 amide bonds. The van der Waals surface area contributed by atoms with Crippen molar-refractivity contribution in [1.82, 2.24) is 35.5 Å². The number of benzene rings is 1. The van der Waals surface area contributed by atoms with E-state index in [4.69, 9.17) is 20.4 Å². The highest BCUT2D eigenvalue weighted by atomic mass is 19.1. The fourth-order valence-electron chi connectivity index (χ4n) is 9.51. The van der Waals surface area contributed by atoms with Gasteiger partial charge in [0.05, 0.1) is 42.1 Å². The van der Waals surface area contributed by atoms with E-state index in [0.29, 0.717) is 85.9 Å². The Bertz CT molecular complexity index is 2120. The first-order valence-electron chi connectivity index (χ1n) is 18.7. The number of carbonyl (C=O) groups excluding carboxylic acids is 4. The summed E-state index contributed by atoms with van der Waals surface area (Å²) in [6, 6.07) is 4.79. The van der Waals surface area contributed by atoms with Crippen LogP contribution in [0.2, 0.25) is 0 Å². The fraction of sp³-hybridized carbons (Fsp3) is 0.487. The predicted molar refractivity (Wildman–Crippen MR) is 196 cm³/mol. The Morgan fingerprint density at radius 3 is 2.64 bits per heavy atom. The second kappa shape index (κ2) is 14.1. The summed E-state index contributed by atoms with van der Waals surface area (Å²) < 4.78 is 20.8. The van der Waals surface area contributed by atoms with E-state index in [1.54, 1.807) is 49.0 Å². The van der Waals surface area contributed by atoms with Gasteiger partial charge in [0.25, 0.3) is 0 Å². The van der Waals surface area contributed by atoms with Gasteiger partial charge in [-0.15, -0.1) is 0 Å². The van der Waals surface area contributed by atoms with Crippen LogP contribution in [0, 0.1) is 17.2 Å². The van der Waals surface area contributed by atoms with Gasteiger partial charge >= 0.3 is 0 Å². The largest absolute Gasteiger partial charge is 0.501 e. The number of anilines is 1. The number of halogens is 1. The summed E-state index contributed by atoms with van der Waals surface area (Å²) in [6.45, 7) is 1.60. The SMILES string of the molecule is COC1=CC=CC(N)(C(=O)NC2(CCO)CC3(CN(C(=O)C4CCN(c5ccc(C6CCC(=O)NC6=O)cc5F)CC4)C3)C2c2ncc3nccnc3n2)C1. The lowest BCUT2D eigenvalue weighted by Crippen LogP contribution is -2.79. The van der Waals surface area contributed by atoms with E-state index >= 15 is 4.39 Å². The van der Waals surface area contributed by atoms with Crippen molar-refractivity contribution in [3.05, 3.63) is 78.0 Å². The molecule has 8 rings (SSSR count). The van der Waals surface area contributed by atoms with Gasteiger partial charge in [-0.3, -0.25) is 24.5 Å². The minimum Gasteiger partial charge on any atom is -0.501 e. The summed E-state index contributed by atoms with van der Waals surface area (Å²) in [7, 11) is 1.53. The molecule has 288 valence electrons. The number of hydrogen-bond acceptors (Lipinski definition) is 12. The summed E-state index contributed by atoms with van der Waals surface area (Å²) in [5.41, 5.74) is 5.72. The second-order valence-corrected chi connectivity index (χ2v) is 15.6. The van der Waals surface area contributed by atoms with Gasteiger partial charge in [-0.1, -0.05) is 18.2 Å². The Labute approximate surface area is 316 Å². The van der Waals surface area contributed by atoms with Crippen LogP contribution in [-0.2, 0) is 23.9 Å². The monoisotopic (exact) mass is 753 g/mol. The number of nitrogens with one attached hydrogen (secondary N) is 2. The fourth-order valence-corrected chi connectivity index (χ4v) is 9.51. The molecule has 15 nitrogen and oxygen atoms in total. The van der Waals surface area contributed by atoms with Crippen LogP contribution in [0.25, 0.3) is 11.2 Å². The number of likely N-dealkylation sites (tertiary alicyclic amines) is 1. The molecule has 1 spiro atoms. The van der Waals surface area contributed by atoms with E-state index in [2.05, 4.69) is 20.6 Å². The number of amides is 4. The zero-order chi connectivity index (χ0) is 38.5. The molecule has 1 aromatic carbocycles. The van der Waals surface area contributed by atoms with Crippen LogP contribution < -0.4 is 21.3 Å². The summed E-state index contributed by atoms with van der Waals surface area (Å²) in [4.78, 5) is 73.8. The normalized spacial score (nSPS) is 27.6. The van der Waals surface area contributed by atoms with Crippen LogP contribution in [0.4, 0.5) is 10.1 Å². The molecular formula is C39H44FN9O6. The molecule has 5 N–H and O–H groups in total. The number of allylic oxidation sites excluding steroid dienone is 2. The first-order valence-corrected chi connectivity index (χ1v) is 18.7. The van der Waals surface area contributed by atoms with E-state index in [0.717, 1.165) is 0 Å².